The lowest BCUT2D eigenvalue weighted by molar-refractivity contribution is -0.142. The molecule has 0 bridgehead atoms. The van der Waals surface area contributed by atoms with Crippen LogP contribution in [0.15, 0.2) is 0 Å². The van der Waals surface area contributed by atoms with E-state index in [2.05, 4.69) is 18.7 Å². The first kappa shape index (κ1) is 9.97. The van der Waals surface area contributed by atoms with Crippen molar-refractivity contribution in [3.63, 3.8) is 0 Å². The molecule has 0 aromatic heterocycles. The monoisotopic (exact) mass is 197 g/mol. The number of aliphatic carboxylic acids is 1. The fourth-order valence-corrected chi connectivity index (χ4v) is 2.55. The highest BCUT2D eigenvalue weighted by atomic mass is 16.4. The molecule has 1 saturated carbocycles. The van der Waals surface area contributed by atoms with Crippen LogP contribution < -0.4 is 0 Å². The molecule has 1 aliphatic heterocycles. The summed E-state index contributed by atoms with van der Waals surface area (Å²) >= 11 is 0. The van der Waals surface area contributed by atoms with E-state index in [1.165, 1.54) is 12.8 Å². The molecule has 1 heterocycles. The van der Waals surface area contributed by atoms with Gasteiger partial charge in [0.25, 0.3) is 0 Å². The van der Waals surface area contributed by atoms with Crippen LogP contribution in [-0.2, 0) is 4.79 Å². The molecule has 0 aromatic rings. The fourth-order valence-electron chi connectivity index (χ4n) is 2.55. The molecule has 2 aliphatic rings. The fraction of sp³-hybridized carbons (Fsp3) is 0.909. The lowest BCUT2D eigenvalue weighted by atomic mass is 9.92. The number of carboxylic acids is 1. The molecule has 0 amide bonds. The third-order valence-electron chi connectivity index (χ3n) is 3.67. The average molecular weight is 197 g/mol. The Morgan fingerprint density at radius 3 is 2.43 bits per heavy atom. The number of hydrogen-bond acceptors (Lipinski definition) is 2. The lowest BCUT2D eigenvalue weighted by Crippen LogP contribution is -2.29. The first-order chi connectivity index (χ1) is 6.59. The van der Waals surface area contributed by atoms with Crippen molar-refractivity contribution >= 4 is 5.97 Å². The van der Waals surface area contributed by atoms with Gasteiger partial charge in [-0.05, 0) is 38.5 Å². The zero-order valence-corrected chi connectivity index (χ0v) is 8.94. The molecule has 1 saturated heterocycles. The summed E-state index contributed by atoms with van der Waals surface area (Å²) in [5, 5.41) is 9.13. The number of nitrogens with zero attached hydrogens (tertiary/aromatic N) is 1. The normalized spacial score (nSPS) is 33.9. The third-order valence-corrected chi connectivity index (χ3v) is 3.67. The third kappa shape index (κ3) is 1.78. The molecular formula is C11H19NO2. The molecule has 0 spiro atoms. The molecule has 80 valence electrons. The molecule has 3 heteroatoms. The van der Waals surface area contributed by atoms with Crippen molar-refractivity contribution in [2.45, 2.75) is 32.7 Å². The summed E-state index contributed by atoms with van der Waals surface area (Å²) in [4.78, 5) is 13.4. The van der Waals surface area contributed by atoms with Crippen molar-refractivity contribution in [2.24, 2.45) is 17.8 Å². The molecule has 14 heavy (non-hydrogen) atoms. The summed E-state index contributed by atoms with van der Waals surface area (Å²) < 4.78 is 0. The minimum absolute atomic E-state index is 0.107. The Kier molecular flexibility index (Phi) is 2.52. The van der Waals surface area contributed by atoms with Crippen molar-refractivity contribution in [1.29, 1.82) is 0 Å². The van der Waals surface area contributed by atoms with Gasteiger partial charge in [0.1, 0.15) is 0 Å². The van der Waals surface area contributed by atoms with E-state index in [4.69, 9.17) is 5.11 Å². The van der Waals surface area contributed by atoms with Crippen LogP contribution in [0.25, 0.3) is 0 Å². The van der Waals surface area contributed by atoms with Gasteiger partial charge in [0.15, 0.2) is 0 Å². The van der Waals surface area contributed by atoms with Gasteiger partial charge in [0, 0.05) is 19.1 Å². The smallest absolute Gasteiger partial charge is 0.308 e. The van der Waals surface area contributed by atoms with E-state index < -0.39 is 5.97 Å². The van der Waals surface area contributed by atoms with Crippen LogP contribution in [0.4, 0.5) is 0 Å². The van der Waals surface area contributed by atoms with Gasteiger partial charge in [0.05, 0.1) is 5.92 Å². The van der Waals surface area contributed by atoms with Crippen molar-refractivity contribution in [3.05, 3.63) is 0 Å². The van der Waals surface area contributed by atoms with E-state index in [1.807, 2.05) is 0 Å². The highest BCUT2D eigenvalue weighted by Crippen LogP contribution is 2.44. The molecule has 1 N–H and O–H groups in total. The van der Waals surface area contributed by atoms with Crippen LogP contribution in [0.5, 0.6) is 0 Å². The Hall–Kier alpha value is -0.570. The van der Waals surface area contributed by atoms with Gasteiger partial charge < -0.3 is 5.11 Å². The van der Waals surface area contributed by atoms with E-state index in [0.717, 1.165) is 13.1 Å². The van der Waals surface area contributed by atoms with Gasteiger partial charge in [-0.1, -0.05) is 0 Å². The second kappa shape index (κ2) is 3.54. The van der Waals surface area contributed by atoms with Gasteiger partial charge in [-0.25, -0.2) is 0 Å². The number of carbonyl (C=O) groups is 1. The Balaban J connectivity index is 2.03. The standard InChI is InChI=1S/C11H19NO2/c1-7(2)12-5-9(8-3-4-8)10(6-12)11(13)14/h7-10H,3-6H2,1-2H3,(H,13,14)/t9-,10+/m0/s1. The SMILES string of the molecule is CC(C)N1C[C@@H](C(=O)O)[C@H](C2CC2)C1. The predicted octanol–water partition coefficient (Wildman–Crippen LogP) is 1.44. The maximum absolute atomic E-state index is 11.1. The Labute approximate surface area is 85.1 Å². The summed E-state index contributed by atoms with van der Waals surface area (Å²) in [6.07, 6.45) is 2.50. The zero-order chi connectivity index (χ0) is 10.3. The number of carboxylic acid groups (broad SMARTS) is 1. The maximum atomic E-state index is 11.1. The van der Waals surface area contributed by atoms with Crippen molar-refractivity contribution < 1.29 is 9.90 Å². The molecule has 0 unspecified atom stereocenters. The molecule has 0 radical (unpaired) electrons. The Morgan fingerprint density at radius 2 is 2.00 bits per heavy atom. The van der Waals surface area contributed by atoms with Crippen molar-refractivity contribution in [1.82, 2.24) is 4.90 Å². The minimum atomic E-state index is -0.593. The van der Waals surface area contributed by atoms with Crippen LogP contribution in [0.2, 0.25) is 0 Å². The van der Waals surface area contributed by atoms with E-state index >= 15 is 0 Å². The largest absolute Gasteiger partial charge is 0.481 e. The van der Waals surface area contributed by atoms with E-state index in [1.54, 1.807) is 0 Å². The second-order valence-electron chi connectivity index (χ2n) is 4.99. The highest BCUT2D eigenvalue weighted by Gasteiger charge is 2.45. The number of likely N-dealkylation sites (tertiary alicyclic amines) is 1. The summed E-state index contributed by atoms with van der Waals surface area (Å²) in [7, 11) is 0. The molecular weight excluding hydrogens is 178 g/mol. The summed E-state index contributed by atoms with van der Waals surface area (Å²) in [5.41, 5.74) is 0. The van der Waals surface area contributed by atoms with E-state index in [9.17, 15) is 4.79 Å². The van der Waals surface area contributed by atoms with Gasteiger partial charge in [-0.15, -0.1) is 0 Å². The number of rotatable bonds is 3. The molecule has 2 atom stereocenters. The maximum Gasteiger partial charge on any atom is 0.308 e. The highest BCUT2D eigenvalue weighted by molar-refractivity contribution is 5.71. The lowest BCUT2D eigenvalue weighted by Gasteiger charge is -2.19. The molecule has 2 rings (SSSR count). The molecule has 3 nitrogen and oxygen atoms in total. The summed E-state index contributed by atoms with van der Waals surface area (Å²) in [6, 6.07) is 0.487. The van der Waals surface area contributed by atoms with Crippen LogP contribution >= 0.6 is 0 Å². The van der Waals surface area contributed by atoms with Crippen LogP contribution in [0.1, 0.15) is 26.7 Å². The van der Waals surface area contributed by atoms with Crippen LogP contribution in [0.3, 0.4) is 0 Å². The summed E-state index contributed by atoms with van der Waals surface area (Å²) in [5.74, 6) is 0.435. The van der Waals surface area contributed by atoms with Gasteiger partial charge in [-0.2, -0.15) is 0 Å². The molecule has 1 aliphatic carbocycles. The van der Waals surface area contributed by atoms with Crippen molar-refractivity contribution in [2.75, 3.05) is 13.1 Å². The van der Waals surface area contributed by atoms with Crippen LogP contribution in [-0.4, -0.2) is 35.1 Å². The first-order valence-electron chi connectivity index (χ1n) is 5.56. The molecule has 0 aromatic carbocycles. The number of hydrogen-bond donors (Lipinski definition) is 1. The first-order valence-corrected chi connectivity index (χ1v) is 5.56. The van der Waals surface area contributed by atoms with Gasteiger partial charge in [0.2, 0.25) is 0 Å². The van der Waals surface area contributed by atoms with Crippen molar-refractivity contribution in [3.8, 4) is 0 Å². The quantitative estimate of drug-likeness (QED) is 0.744. The molecule has 2 fully saturated rings. The predicted molar refractivity (Wildman–Crippen MR) is 54.0 cm³/mol. The second-order valence-corrected chi connectivity index (χ2v) is 4.99. The average Bonchev–Trinajstić information content (AvgIpc) is 2.83. The topological polar surface area (TPSA) is 40.5 Å². The van der Waals surface area contributed by atoms with Gasteiger partial charge >= 0.3 is 5.97 Å². The Morgan fingerprint density at radius 1 is 1.36 bits per heavy atom. The summed E-state index contributed by atoms with van der Waals surface area (Å²) in [6.45, 7) is 6.05. The van der Waals surface area contributed by atoms with E-state index in [0.29, 0.717) is 17.9 Å². The van der Waals surface area contributed by atoms with Gasteiger partial charge in [-0.3, -0.25) is 9.69 Å². The minimum Gasteiger partial charge on any atom is -0.481 e. The van der Waals surface area contributed by atoms with E-state index in [-0.39, 0.29) is 5.92 Å². The zero-order valence-electron chi connectivity index (χ0n) is 8.94. The Bertz CT molecular complexity index is 235. The van der Waals surface area contributed by atoms with Crippen LogP contribution in [0, 0.1) is 17.8 Å².